The fourth-order valence-electron chi connectivity index (χ4n) is 1.48. The van der Waals surface area contributed by atoms with E-state index in [1.807, 2.05) is 12.1 Å². The summed E-state index contributed by atoms with van der Waals surface area (Å²) < 4.78 is 5.75. The van der Waals surface area contributed by atoms with E-state index in [1.165, 1.54) is 12.0 Å². The summed E-state index contributed by atoms with van der Waals surface area (Å²) in [5, 5.41) is 5.35. The molecule has 1 heterocycles. The first kappa shape index (κ1) is 13.1. The van der Waals surface area contributed by atoms with Gasteiger partial charge >= 0.3 is 5.97 Å². The highest BCUT2D eigenvalue weighted by Crippen LogP contribution is 2.21. The van der Waals surface area contributed by atoms with Crippen LogP contribution in [0, 0.1) is 0 Å². The molecule has 1 aromatic heterocycles. The first-order valence-electron chi connectivity index (χ1n) is 5.34. The Kier molecular flexibility index (Phi) is 4.38. The summed E-state index contributed by atoms with van der Waals surface area (Å²) in [6.45, 7) is 0.772. The van der Waals surface area contributed by atoms with E-state index in [0.29, 0.717) is 5.56 Å². The average Bonchev–Trinajstić information content (AvgIpc) is 2.82. The van der Waals surface area contributed by atoms with Crippen molar-refractivity contribution in [1.82, 2.24) is 0 Å². The van der Waals surface area contributed by atoms with Crippen molar-refractivity contribution in [3.05, 3.63) is 50.6 Å². The highest BCUT2D eigenvalue weighted by atomic mass is 79.9. The van der Waals surface area contributed by atoms with Crippen LogP contribution in [0.5, 0.6) is 0 Å². The molecule has 1 N–H and O–H groups in total. The van der Waals surface area contributed by atoms with Gasteiger partial charge in [0, 0.05) is 27.0 Å². The Balaban J connectivity index is 1.96. The monoisotopic (exact) mass is 325 g/mol. The lowest BCUT2D eigenvalue weighted by Gasteiger charge is -2.05. The molecule has 0 unspecified atom stereocenters. The number of hydrogen-bond acceptors (Lipinski definition) is 4. The zero-order valence-electron chi connectivity index (χ0n) is 9.77. The number of methoxy groups -OCH3 is 1. The van der Waals surface area contributed by atoms with E-state index < -0.39 is 0 Å². The van der Waals surface area contributed by atoms with Gasteiger partial charge in [-0.1, -0.05) is 0 Å². The van der Waals surface area contributed by atoms with Crippen LogP contribution in [0.3, 0.4) is 0 Å². The van der Waals surface area contributed by atoms with Gasteiger partial charge in [0.25, 0.3) is 0 Å². The van der Waals surface area contributed by atoms with E-state index in [2.05, 4.69) is 37.4 Å². The van der Waals surface area contributed by atoms with Crippen molar-refractivity contribution in [2.75, 3.05) is 12.4 Å². The number of thiophene rings is 1. The minimum absolute atomic E-state index is 0.316. The molecule has 0 spiro atoms. The number of carbonyl (C=O) groups excluding carboxylic acids is 1. The van der Waals surface area contributed by atoms with Crippen LogP contribution in [0.4, 0.5) is 5.69 Å². The van der Waals surface area contributed by atoms with Gasteiger partial charge in [-0.25, -0.2) is 4.79 Å². The van der Waals surface area contributed by atoms with Crippen LogP contribution < -0.4 is 5.32 Å². The maximum atomic E-state index is 11.3. The molecule has 0 aliphatic carbocycles. The number of nitrogens with one attached hydrogen (secondary N) is 1. The lowest BCUT2D eigenvalue weighted by molar-refractivity contribution is 0.0601. The van der Waals surface area contributed by atoms with E-state index in [1.54, 1.807) is 23.5 Å². The van der Waals surface area contributed by atoms with E-state index in [4.69, 9.17) is 0 Å². The Morgan fingerprint density at radius 3 is 2.67 bits per heavy atom. The van der Waals surface area contributed by atoms with Crippen LogP contribution in [0.1, 0.15) is 15.2 Å². The standard InChI is InChI=1S/C13H12BrNO2S/c1-17-13(16)9-2-4-11(5-3-9)15-7-12-6-10(14)8-18-12/h2-6,8,15H,7H2,1H3. The number of carbonyl (C=O) groups is 1. The van der Waals surface area contributed by atoms with Crippen LogP contribution in [0.25, 0.3) is 0 Å². The van der Waals surface area contributed by atoms with Crippen LogP contribution >= 0.6 is 27.3 Å². The number of benzene rings is 1. The predicted octanol–water partition coefficient (Wildman–Crippen LogP) is 3.91. The van der Waals surface area contributed by atoms with Gasteiger partial charge in [0.05, 0.1) is 12.7 Å². The molecule has 0 atom stereocenters. The van der Waals surface area contributed by atoms with E-state index in [9.17, 15) is 4.79 Å². The minimum atomic E-state index is -0.316. The molecule has 0 aliphatic rings. The molecule has 0 fully saturated rings. The molecule has 3 nitrogen and oxygen atoms in total. The molecule has 5 heteroatoms. The van der Waals surface area contributed by atoms with Gasteiger partial charge in [-0.15, -0.1) is 11.3 Å². The first-order valence-corrected chi connectivity index (χ1v) is 7.01. The molecule has 0 bridgehead atoms. The smallest absolute Gasteiger partial charge is 0.337 e. The van der Waals surface area contributed by atoms with Gasteiger partial charge in [0.15, 0.2) is 0 Å². The van der Waals surface area contributed by atoms with Gasteiger partial charge in [-0.05, 0) is 46.3 Å². The normalized spacial score (nSPS) is 10.1. The van der Waals surface area contributed by atoms with E-state index in [-0.39, 0.29) is 5.97 Å². The summed E-state index contributed by atoms with van der Waals surface area (Å²) in [5.74, 6) is -0.316. The summed E-state index contributed by atoms with van der Waals surface area (Å²) >= 11 is 5.12. The highest BCUT2D eigenvalue weighted by Gasteiger charge is 2.04. The Morgan fingerprint density at radius 1 is 1.39 bits per heavy atom. The highest BCUT2D eigenvalue weighted by molar-refractivity contribution is 9.10. The molecule has 0 saturated carbocycles. The van der Waals surface area contributed by atoms with E-state index >= 15 is 0 Å². The molecule has 0 saturated heterocycles. The molecule has 0 amide bonds. The largest absolute Gasteiger partial charge is 0.465 e. The fraction of sp³-hybridized carbons (Fsp3) is 0.154. The average molecular weight is 326 g/mol. The van der Waals surface area contributed by atoms with Crippen molar-refractivity contribution >= 4 is 38.9 Å². The number of rotatable bonds is 4. The summed E-state index contributed by atoms with van der Waals surface area (Å²) in [7, 11) is 1.38. The zero-order valence-corrected chi connectivity index (χ0v) is 12.2. The van der Waals surface area contributed by atoms with Crippen molar-refractivity contribution in [3.63, 3.8) is 0 Å². The molecule has 18 heavy (non-hydrogen) atoms. The van der Waals surface area contributed by atoms with Crippen molar-refractivity contribution in [3.8, 4) is 0 Å². The van der Waals surface area contributed by atoms with Crippen LogP contribution in [0.2, 0.25) is 0 Å². The topological polar surface area (TPSA) is 38.3 Å². The van der Waals surface area contributed by atoms with Crippen molar-refractivity contribution in [2.45, 2.75) is 6.54 Å². The third-order valence-corrected chi connectivity index (χ3v) is 4.09. The van der Waals surface area contributed by atoms with Crippen molar-refractivity contribution in [1.29, 1.82) is 0 Å². The quantitative estimate of drug-likeness (QED) is 0.866. The number of hydrogen-bond donors (Lipinski definition) is 1. The Hall–Kier alpha value is -1.33. The van der Waals surface area contributed by atoms with Crippen molar-refractivity contribution in [2.24, 2.45) is 0 Å². The third-order valence-electron chi connectivity index (χ3n) is 2.39. The SMILES string of the molecule is COC(=O)c1ccc(NCc2cc(Br)cs2)cc1. The van der Waals surface area contributed by atoms with E-state index in [0.717, 1.165) is 16.7 Å². The van der Waals surface area contributed by atoms with Gasteiger partial charge in [0.1, 0.15) is 0 Å². The fourth-order valence-corrected chi connectivity index (χ4v) is 2.87. The second-order valence-corrected chi connectivity index (χ2v) is 5.57. The predicted molar refractivity (Wildman–Crippen MR) is 77.1 cm³/mol. The van der Waals surface area contributed by atoms with Crippen LogP contribution in [-0.4, -0.2) is 13.1 Å². The van der Waals surface area contributed by atoms with Gasteiger partial charge in [-0.3, -0.25) is 0 Å². The summed E-state index contributed by atoms with van der Waals surface area (Å²) in [4.78, 5) is 12.5. The lowest BCUT2D eigenvalue weighted by Crippen LogP contribution is -2.02. The maximum Gasteiger partial charge on any atom is 0.337 e. The lowest BCUT2D eigenvalue weighted by atomic mass is 10.2. The molecular formula is C13H12BrNO2S. The number of anilines is 1. The molecule has 2 aromatic rings. The van der Waals surface area contributed by atoms with Crippen LogP contribution in [0.15, 0.2) is 40.2 Å². The first-order chi connectivity index (χ1) is 8.69. The number of ether oxygens (including phenoxy) is 1. The molecular weight excluding hydrogens is 314 g/mol. The second kappa shape index (κ2) is 6.02. The second-order valence-electron chi connectivity index (χ2n) is 3.65. The molecule has 0 radical (unpaired) electrons. The Morgan fingerprint density at radius 2 is 2.11 bits per heavy atom. The minimum Gasteiger partial charge on any atom is -0.465 e. The zero-order chi connectivity index (χ0) is 13.0. The summed E-state index contributed by atoms with van der Waals surface area (Å²) in [6, 6.07) is 9.32. The maximum absolute atomic E-state index is 11.3. The van der Waals surface area contributed by atoms with Crippen molar-refractivity contribution < 1.29 is 9.53 Å². The Labute approximate surface area is 118 Å². The molecule has 0 aliphatic heterocycles. The summed E-state index contributed by atoms with van der Waals surface area (Å²) in [5.41, 5.74) is 1.54. The molecule has 1 aromatic carbocycles. The molecule has 2 rings (SSSR count). The number of halogens is 1. The van der Waals surface area contributed by atoms with Crippen LogP contribution in [-0.2, 0) is 11.3 Å². The Bertz CT molecular complexity index is 536. The van der Waals surface area contributed by atoms with Gasteiger partial charge in [-0.2, -0.15) is 0 Å². The van der Waals surface area contributed by atoms with Gasteiger partial charge in [0.2, 0.25) is 0 Å². The summed E-state index contributed by atoms with van der Waals surface area (Å²) in [6.07, 6.45) is 0. The number of esters is 1. The van der Waals surface area contributed by atoms with Gasteiger partial charge < -0.3 is 10.1 Å². The molecule has 94 valence electrons. The third kappa shape index (κ3) is 3.34.